The second-order valence-electron chi connectivity index (χ2n) is 5.05. The molecule has 1 aromatic rings. The fourth-order valence-corrected chi connectivity index (χ4v) is 2.54. The predicted octanol–water partition coefficient (Wildman–Crippen LogP) is 0.905. The van der Waals surface area contributed by atoms with Crippen molar-refractivity contribution in [1.82, 2.24) is 10.2 Å². The third kappa shape index (κ3) is 3.29. The van der Waals surface area contributed by atoms with Gasteiger partial charge in [0.25, 0.3) is 5.91 Å². The molecule has 0 aliphatic carbocycles. The molecule has 0 unspecified atom stereocenters. The van der Waals surface area contributed by atoms with Gasteiger partial charge in [-0.25, -0.2) is 4.79 Å². The van der Waals surface area contributed by atoms with E-state index in [9.17, 15) is 9.59 Å². The van der Waals surface area contributed by atoms with Gasteiger partial charge in [0.05, 0.1) is 0 Å². The molecule has 6 heteroatoms. The summed E-state index contributed by atoms with van der Waals surface area (Å²) in [5.74, 6) is -0.158. The highest BCUT2D eigenvalue weighted by Gasteiger charge is 2.32. The van der Waals surface area contributed by atoms with Crippen molar-refractivity contribution in [3.63, 3.8) is 0 Å². The standard InChI is InChI=1S/C14H18ClN3O2/c1-9(11-4-3-5-12(15)8-11)17-10(2)13(19)18-7-6-16-14(18)20/h3-5,8-10,17H,6-7H2,1-2H3,(H,16,20)/p+1/t9-,10+/m0/s1. The Balaban J connectivity index is 1.98. The van der Waals surface area contributed by atoms with Crippen LogP contribution >= 0.6 is 11.6 Å². The number of hydrogen-bond donors (Lipinski definition) is 2. The number of quaternary nitrogens is 1. The highest BCUT2D eigenvalue weighted by molar-refractivity contribution is 6.30. The number of carbonyl (C=O) groups excluding carboxylic acids is 2. The van der Waals surface area contributed by atoms with Crippen molar-refractivity contribution in [1.29, 1.82) is 0 Å². The maximum absolute atomic E-state index is 12.2. The van der Waals surface area contributed by atoms with E-state index in [1.807, 2.05) is 43.4 Å². The average Bonchev–Trinajstić information content (AvgIpc) is 2.84. The molecular formula is C14H19ClN3O2+. The molecule has 1 fully saturated rings. The van der Waals surface area contributed by atoms with Gasteiger partial charge in [-0.3, -0.25) is 9.69 Å². The molecule has 2 rings (SSSR count). The lowest BCUT2D eigenvalue weighted by atomic mass is 10.1. The molecule has 5 nitrogen and oxygen atoms in total. The van der Waals surface area contributed by atoms with Crippen LogP contribution in [0.15, 0.2) is 24.3 Å². The van der Waals surface area contributed by atoms with Gasteiger partial charge in [-0.15, -0.1) is 0 Å². The van der Waals surface area contributed by atoms with Crippen molar-refractivity contribution in [2.45, 2.75) is 25.9 Å². The van der Waals surface area contributed by atoms with Gasteiger partial charge >= 0.3 is 6.03 Å². The van der Waals surface area contributed by atoms with Crippen LogP contribution < -0.4 is 10.6 Å². The fraction of sp³-hybridized carbons (Fsp3) is 0.429. The molecule has 1 aromatic carbocycles. The Labute approximate surface area is 123 Å². The summed E-state index contributed by atoms with van der Waals surface area (Å²) in [4.78, 5) is 25.0. The van der Waals surface area contributed by atoms with E-state index in [0.29, 0.717) is 18.1 Å². The Kier molecular flexibility index (Phi) is 4.62. The van der Waals surface area contributed by atoms with Crippen LogP contribution in [0, 0.1) is 0 Å². The molecule has 0 aromatic heterocycles. The van der Waals surface area contributed by atoms with Crippen LogP contribution in [0.1, 0.15) is 25.5 Å². The summed E-state index contributed by atoms with van der Waals surface area (Å²) in [5.41, 5.74) is 1.06. The van der Waals surface area contributed by atoms with Crippen molar-refractivity contribution in [2.75, 3.05) is 13.1 Å². The van der Waals surface area contributed by atoms with Crippen molar-refractivity contribution in [3.05, 3.63) is 34.9 Å². The molecule has 0 radical (unpaired) electrons. The lowest BCUT2D eigenvalue weighted by molar-refractivity contribution is -0.710. The molecule has 2 atom stereocenters. The van der Waals surface area contributed by atoms with Gasteiger partial charge in [0, 0.05) is 23.7 Å². The zero-order valence-corrected chi connectivity index (χ0v) is 12.4. The third-order valence-corrected chi connectivity index (χ3v) is 3.70. The van der Waals surface area contributed by atoms with Crippen LogP contribution in [0.25, 0.3) is 0 Å². The zero-order chi connectivity index (χ0) is 14.7. The summed E-state index contributed by atoms with van der Waals surface area (Å²) in [7, 11) is 0. The summed E-state index contributed by atoms with van der Waals surface area (Å²) < 4.78 is 0. The van der Waals surface area contributed by atoms with Gasteiger partial charge in [0.2, 0.25) is 0 Å². The van der Waals surface area contributed by atoms with Crippen LogP contribution in [-0.4, -0.2) is 36.0 Å². The van der Waals surface area contributed by atoms with Gasteiger partial charge < -0.3 is 10.6 Å². The highest BCUT2D eigenvalue weighted by Crippen LogP contribution is 2.15. The molecule has 3 amide bonds. The number of hydrogen-bond acceptors (Lipinski definition) is 2. The van der Waals surface area contributed by atoms with Crippen molar-refractivity contribution >= 4 is 23.5 Å². The van der Waals surface area contributed by atoms with E-state index < -0.39 is 0 Å². The molecule has 1 aliphatic heterocycles. The van der Waals surface area contributed by atoms with E-state index in [2.05, 4.69) is 5.32 Å². The van der Waals surface area contributed by atoms with Gasteiger partial charge in [0.15, 0.2) is 6.04 Å². The Hall–Kier alpha value is -1.59. The average molecular weight is 297 g/mol. The normalized spacial score (nSPS) is 17.8. The monoisotopic (exact) mass is 296 g/mol. The smallest absolute Gasteiger partial charge is 0.324 e. The van der Waals surface area contributed by atoms with Crippen molar-refractivity contribution < 1.29 is 14.9 Å². The maximum atomic E-state index is 12.2. The second kappa shape index (κ2) is 6.24. The lowest BCUT2D eigenvalue weighted by Crippen LogP contribution is -2.92. The quantitative estimate of drug-likeness (QED) is 0.867. The molecule has 1 aliphatic rings. The van der Waals surface area contributed by atoms with Crippen molar-refractivity contribution in [3.8, 4) is 0 Å². The zero-order valence-electron chi connectivity index (χ0n) is 11.6. The first kappa shape index (κ1) is 14.8. The second-order valence-corrected chi connectivity index (χ2v) is 5.48. The predicted molar refractivity (Wildman–Crippen MR) is 76.4 cm³/mol. The van der Waals surface area contributed by atoms with E-state index in [0.717, 1.165) is 5.56 Å². The van der Waals surface area contributed by atoms with E-state index in [1.165, 1.54) is 4.90 Å². The van der Waals surface area contributed by atoms with Crippen LogP contribution in [-0.2, 0) is 4.79 Å². The van der Waals surface area contributed by atoms with Gasteiger partial charge in [0.1, 0.15) is 6.04 Å². The minimum atomic E-state index is -0.312. The lowest BCUT2D eigenvalue weighted by Gasteiger charge is -2.20. The summed E-state index contributed by atoms with van der Waals surface area (Å²) in [6.07, 6.45) is 0. The first-order valence-electron chi connectivity index (χ1n) is 6.68. The van der Waals surface area contributed by atoms with Crippen LogP contribution in [0.3, 0.4) is 0 Å². The van der Waals surface area contributed by atoms with Gasteiger partial charge in [-0.05, 0) is 26.0 Å². The van der Waals surface area contributed by atoms with E-state index in [4.69, 9.17) is 11.6 Å². The van der Waals surface area contributed by atoms with E-state index in [1.54, 1.807) is 0 Å². The number of urea groups is 1. The molecule has 1 heterocycles. The Morgan fingerprint density at radius 3 is 2.80 bits per heavy atom. The molecule has 108 valence electrons. The van der Waals surface area contributed by atoms with Crippen LogP contribution in [0.4, 0.5) is 4.79 Å². The molecule has 3 N–H and O–H groups in total. The first-order chi connectivity index (χ1) is 9.49. The number of nitrogens with zero attached hydrogens (tertiary/aromatic N) is 1. The number of nitrogens with one attached hydrogen (secondary N) is 1. The summed E-state index contributed by atoms with van der Waals surface area (Å²) >= 11 is 5.97. The SMILES string of the molecule is C[C@H]([NH2+][C@H](C)C(=O)N1CCNC1=O)c1cccc(Cl)c1. The number of carbonyl (C=O) groups is 2. The van der Waals surface area contributed by atoms with Crippen molar-refractivity contribution in [2.24, 2.45) is 0 Å². The molecular weight excluding hydrogens is 278 g/mol. The molecule has 20 heavy (non-hydrogen) atoms. The number of nitrogens with two attached hydrogens (primary N) is 1. The maximum Gasteiger partial charge on any atom is 0.324 e. The molecule has 0 bridgehead atoms. The molecule has 0 saturated carbocycles. The van der Waals surface area contributed by atoms with Gasteiger partial charge in [-0.2, -0.15) is 0 Å². The third-order valence-electron chi connectivity index (χ3n) is 3.46. The highest BCUT2D eigenvalue weighted by atomic mass is 35.5. The molecule has 1 saturated heterocycles. The summed E-state index contributed by atoms with van der Waals surface area (Å²) in [6, 6.07) is 7.07. The largest absolute Gasteiger partial charge is 0.336 e. The fourth-order valence-electron chi connectivity index (χ4n) is 2.34. The minimum Gasteiger partial charge on any atom is -0.336 e. The number of rotatable bonds is 4. The van der Waals surface area contributed by atoms with E-state index in [-0.39, 0.29) is 24.0 Å². The first-order valence-corrected chi connectivity index (χ1v) is 7.06. The minimum absolute atomic E-state index is 0.0957. The summed E-state index contributed by atoms with van der Waals surface area (Å²) in [5, 5.41) is 5.26. The number of benzene rings is 1. The van der Waals surface area contributed by atoms with E-state index >= 15 is 0 Å². The summed E-state index contributed by atoms with van der Waals surface area (Å²) in [6.45, 7) is 4.80. The van der Waals surface area contributed by atoms with Crippen LogP contribution in [0.2, 0.25) is 5.02 Å². The Bertz CT molecular complexity index is 521. The number of amides is 3. The number of imide groups is 1. The van der Waals surface area contributed by atoms with Crippen LogP contribution in [0.5, 0.6) is 0 Å². The topological polar surface area (TPSA) is 66.0 Å². The van der Waals surface area contributed by atoms with Gasteiger partial charge in [-0.1, -0.05) is 23.7 Å². The molecule has 0 spiro atoms. The number of halogens is 1. The Morgan fingerprint density at radius 1 is 1.45 bits per heavy atom. The Morgan fingerprint density at radius 2 is 2.20 bits per heavy atom.